The number of hydrogen-bond donors (Lipinski definition) is 1. The number of amides is 1. The number of thiazole rings is 1. The Balaban J connectivity index is 1.17. The normalized spacial score (nSPS) is 15.6. The first-order chi connectivity index (χ1) is 14.2. The second-order valence-corrected chi connectivity index (χ2v) is 8.77. The summed E-state index contributed by atoms with van der Waals surface area (Å²) in [6, 6.07) is 16.7. The van der Waals surface area contributed by atoms with Gasteiger partial charge in [0.15, 0.2) is 0 Å². The highest BCUT2D eigenvalue weighted by atomic mass is 32.1. The predicted octanol–water partition coefficient (Wildman–Crippen LogP) is 3.08. The van der Waals surface area contributed by atoms with Crippen molar-refractivity contribution in [2.24, 2.45) is 0 Å². The molecule has 4 rings (SSSR count). The largest absolute Gasteiger partial charge is 0.355 e. The monoisotopic (exact) mass is 408 g/mol. The number of carbonyl (C=O) groups excluding carboxylic acids is 1. The van der Waals surface area contributed by atoms with Gasteiger partial charge < -0.3 is 5.32 Å². The van der Waals surface area contributed by atoms with E-state index in [-0.39, 0.29) is 5.91 Å². The lowest BCUT2D eigenvalue weighted by Gasteiger charge is -2.33. The summed E-state index contributed by atoms with van der Waals surface area (Å²) in [7, 11) is 0. The topological polar surface area (TPSA) is 48.5 Å². The van der Waals surface area contributed by atoms with Gasteiger partial charge in [0.25, 0.3) is 0 Å². The Morgan fingerprint density at radius 3 is 2.55 bits per heavy atom. The van der Waals surface area contributed by atoms with Crippen LogP contribution in [-0.4, -0.2) is 60.0 Å². The molecule has 0 aliphatic carbocycles. The molecule has 1 aromatic heterocycles. The number of aromatic nitrogens is 1. The third kappa shape index (κ3) is 5.41. The second-order valence-electron chi connectivity index (χ2n) is 7.65. The SMILES string of the molecule is Cc1ccccc1CCNC(=O)CN1CCN(Cc2nc3ccccc3s2)CC1. The average Bonchev–Trinajstić information content (AvgIpc) is 3.13. The van der Waals surface area contributed by atoms with Crippen LogP contribution in [0.2, 0.25) is 0 Å². The van der Waals surface area contributed by atoms with Gasteiger partial charge in [0.2, 0.25) is 5.91 Å². The number of hydrogen-bond acceptors (Lipinski definition) is 5. The lowest BCUT2D eigenvalue weighted by Crippen LogP contribution is -2.49. The summed E-state index contributed by atoms with van der Waals surface area (Å²) in [5.41, 5.74) is 3.68. The summed E-state index contributed by atoms with van der Waals surface area (Å²) in [5, 5.41) is 4.24. The minimum absolute atomic E-state index is 0.123. The highest BCUT2D eigenvalue weighted by Gasteiger charge is 2.20. The van der Waals surface area contributed by atoms with Crippen LogP contribution < -0.4 is 5.32 Å². The lowest BCUT2D eigenvalue weighted by molar-refractivity contribution is -0.122. The van der Waals surface area contributed by atoms with E-state index in [1.54, 1.807) is 11.3 Å². The Morgan fingerprint density at radius 2 is 1.76 bits per heavy atom. The zero-order chi connectivity index (χ0) is 20.1. The van der Waals surface area contributed by atoms with Crippen molar-refractivity contribution in [3.8, 4) is 0 Å². The smallest absolute Gasteiger partial charge is 0.234 e. The Morgan fingerprint density at radius 1 is 1.03 bits per heavy atom. The fourth-order valence-electron chi connectivity index (χ4n) is 3.77. The number of aryl methyl sites for hydroxylation is 1. The molecule has 1 fully saturated rings. The molecule has 1 saturated heterocycles. The zero-order valence-electron chi connectivity index (χ0n) is 16.9. The van der Waals surface area contributed by atoms with E-state index in [0.717, 1.165) is 44.7 Å². The number of rotatable bonds is 7. The fraction of sp³-hybridized carbons (Fsp3) is 0.391. The highest BCUT2D eigenvalue weighted by molar-refractivity contribution is 7.18. The summed E-state index contributed by atoms with van der Waals surface area (Å²) in [6.07, 6.45) is 0.883. The minimum Gasteiger partial charge on any atom is -0.355 e. The maximum Gasteiger partial charge on any atom is 0.234 e. The van der Waals surface area contributed by atoms with Crippen molar-refractivity contribution in [1.82, 2.24) is 20.1 Å². The molecule has 0 unspecified atom stereocenters. The van der Waals surface area contributed by atoms with Gasteiger partial charge in [-0.25, -0.2) is 4.98 Å². The Kier molecular flexibility index (Phi) is 6.54. The first kappa shape index (κ1) is 20.0. The van der Waals surface area contributed by atoms with E-state index in [1.165, 1.54) is 20.8 Å². The molecule has 0 spiro atoms. The number of nitrogens with zero attached hydrogens (tertiary/aromatic N) is 3. The van der Waals surface area contributed by atoms with Gasteiger partial charge in [-0.2, -0.15) is 0 Å². The van der Waals surface area contributed by atoms with Gasteiger partial charge in [0.05, 0.1) is 23.3 Å². The van der Waals surface area contributed by atoms with Crippen LogP contribution in [0.4, 0.5) is 0 Å². The number of fused-ring (bicyclic) bond motifs is 1. The van der Waals surface area contributed by atoms with Crippen molar-refractivity contribution < 1.29 is 4.79 Å². The molecule has 1 N–H and O–H groups in total. The first-order valence-electron chi connectivity index (χ1n) is 10.3. The fourth-order valence-corrected chi connectivity index (χ4v) is 4.78. The molecule has 1 amide bonds. The van der Waals surface area contributed by atoms with Crippen molar-refractivity contribution >= 4 is 27.5 Å². The van der Waals surface area contributed by atoms with Crippen molar-refractivity contribution in [3.05, 3.63) is 64.7 Å². The molecule has 2 aromatic carbocycles. The van der Waals surface area contributed by atoms with Gasteiger partial charge in [0, 0.05) is 32.7 Å². The van der Waals surface area contributed by atoms with Crippen LogP contribution in [0.15, 0.2) is 48.5 Å². The van der Waals surface area contributed by atoms with Crippen molar-refractivity contribution in [2.45, 2.75) is 19.9 Å². The van der Waals surface area contributed by atoms with Crippen LogP contribution in [0.1, 0.15) is 16.1 Å². The maximum absolute atomic E-state index is 12.3. The summed E-state index contributed by atoms with van der Waals surface area (Å²) in [5.74, 6) is 0.123. The lowest BCUT2D eigenvalue weighted by atomic mass is 10.1. The third-order valence-electron chi connectivity index (χ3n) is 5.51. The number of carbonyl (C=O) groups is 1. The van der Waals surface area contributed by atoms with Gasteiger partial charge in [0.1, 0.15) is 5.01 Å². The Bertz CT molecular complexity index is 929. The minimum atomic E-state index is 0.123. The van der Waals surface area contributed by atoms with E-state index in [0.29, 0.717) is 13.1 Å². The van der Waals surface area contributed by atoms with E-state index >= 15 is 0 Å². The molecule has 1 aliphatic rings. The van der Waals surface area contributed by atoms with Gasteiger partial charge in [-0.1, -0.05) is 36.4 Å². The molecule has 5 nitrogen and oxygen atoms in total. The van der Waals surface area contributed by atoms with Crippen LogP contribution in [0.25, 0.3) is 10.2 Å². The predicted molar refractivity (Wildman–Crippen MR) is 119 cm³/mol. The molecule has 29 heavy (non-hydrogen) atoms. The summed E-state index contributed by atoms with van der Waals surface area (Å²) < 4.78 is 1.25. The highest BCUT2D eigenvalue weighted by Crippen LogP contribution is 2.23. The zero-order valence-corrected chi connectivity index (χ0v) is 17.8. The maximum atomic E-state index is 12.3. The number of para-hydroxylation sites is 1. The Labute approximate surface area is 176 Å². The second kappa shape index (κ2) is 9.48. The molecular formula is C23H28N4OS. The summed E-state index contributed by atoms with van der Waals surface area (Å²) in [6.45, 7) is 8.01. The number of nitrogens with one attached hydrogen (secondary N) is 1. The van der Waals surface area contributed by atoms with Crippen molar-refractivity contribution in [3.63, 3.8) is 0 Å². The molecule has 1 aliphatic heterocycles. The molecule has 3 aromatic rings. The standard InChI is InChI=1S/C23H28N4OS/c1-18-6-2-3-7-19(18)10-11-24-22(28)16-26-12-14-27(15-13-26)17-23-25-20-8-4-5-9-21(20)29-23/h2-9H,10-17H2,1H3,(H,24,28). The van der Waals surface area contributed by atoms with Crippen LogP contribution in [0.3, 0.4) is 0 Å². The number of benzene rings is 2. The van der Waals surface area contributed by atoms with Gasteiger partial charge in [-0.05, 0) is 36.6 Å². The summed E-state index contributed by atoms with van der Waals surface area (Å²) in [4.78, 5) is 21.7. The van der Waals surface area contributed by atoms with E-state index in [1.807, 2.05) is 12.1 Å². The van der Waals surface area contributed by atoms with Crippen LogP contribution in [0, 0.1) is 6.92 Å². The van der Waals surface area contributed by atoms with Gasteiger partial charge in [-0.15, -0.1) is 11.3 Å². The molecule has 6 heteroatoms. The molecule has 2 heterocycles. The van der Waals surface area contributed by atoms with Crippen molar-refractivity contribution in [2.75, 3.05) is 39.3 Å². The molecule has 152 valence electrons. The van der Waals surface area contributed by atoms with Crippen LogP contribution in [-0.2, 0) is 17.8 Å². The molecule has 0 atom stereocenters. The number of piperazine rings is 1. The van der Waals surface area contributed by atoms with Gasteiger partial charge >= 0.3 is 0 Å². The van der Waals surface area contributed by atoms with E-state index < -0.39 is 0 Å². The first-order valence-corrected chi connectivity index (χ1v) is 11.1. The molecule has 0 bridgehead atoms. The average molecular weight is 409 g/mol. The van der Waals surface area contributed by atoms with E-state index in [4.69, 9.17) is 4.98 Å². The Hall–Kier alpha value is -2.28. The molecule has 0 radical (unpaired) electrons. The molecule has 0 saturated carbocycles. The van der Waals surface area contributed by atoms with E-state index in [2.05, 4.69) is 58.4 Å². The quantitative estimate of drug-likeness (QED) is 0.653. The van der Waals surface area contributed by atoms with E-state index in [9.17, 15) is 4.79 Å². The van der Waals surface area contributed by atoms with Crippen LogP contribution >= 0.6 is 11.3 Å². The van der Waals surface area contributed by atoms with Crippen molar-refractivity contribution in [1.29, 1.82) is 0 Å². The third-order valence-corrected chi connectivity index (χ3v) is 6.53. The van der Waals surface area contributed by atoms with Gasteiger partial charge in [-0.3, -0.25) is 14.6 Å². The summed E-state index contributed by atoms with van der Waals surface area (Å²) >= 11 is 1.78. The molecular weight excluding hydrogens is 380 g/mol. The van der Waals surface area contributed by atoms with Crippen LogP contribution in [0.5, 0.6) is 0 Å².